The van der Waals surface area contributed by atoms with E-state index in [0.717, 1.165) is 0 Å². The van der Waals surface area contributed by atoms with Gasteiger partial charge >= 0.3 is 32.9 Å². The summed E-state index contributed by atoms with van der Waals surface area (Å²) in [6, 6.07) is 0. The van der Waals surface area contributed by atoms with E-state index >= 15 is 0 Å². The Kier molecular flexibility index (Phi) is 1.94. The van der Waals surface area contributed by atoms with Gasteiger partial charge in [-0.25, -0.2) is 0 Å². The van der Waals surface area contributed by atoms with Crippen molar-refractivity contribution in [3.05, 3.63) is 0 Å². The minimum absolute atomic E-state index is 4.23. The van der Waals surface area contributed by atoms with Gasteiger partial charge in [0.2, 0.25) is 0 Å². The fourth-order valence-electron chi connectivity index (χ4n) is 0. The summed E-state index contributed by atoms with van der Waals surface area (Å²) < 4.78 is 24.7. The van der Waals surface area contributed by atoms with Crippen LogP contribution < -0.4 is 0 Å². The molecule has 0 aliphatic heterocycles. The monoisotopic (exact) mass is 287 g/mol. The molecule has 0 atom stereocenters. The number of hydrogen-bond donors (Lipinski definition) is 0. The van der Waals surface area contributed by atoms with E-state index < -0.39 is 26.2 Å². The molecule has 1 N–H and O–H groups in total. The van der Waals surface area contributed by atoms with Gasteiger partial charge in [0.15, 0.2) is 0 Å². The van der Waals surface area contributed by atoms with Gasteiger partial charge in [-0.05, 0) is 0 Å². The second-order valence-corrected chi connectivity index (χ2v) is 2.48. The molecule has 0 fully saturated rings. The maximum absolute atomic E-state index is 8.75. The molecule has 0 saturated heterocycles. The van der Waals surface area contributed by atoms with Crippen molar-refractivity contribution >= 4 is 0 Å². The van der Waals surface area contributed by atoms with Crippen molar-refractivity contribution in [2.75, 3.05) is 0 Å². The molecule has 0 aliphatic carbocycles. The van der Waals surface area contributed by atoms with E-state index in [1.54, 1.807) is 0 Å². The van der Waals surface area contributed by atoms with E-state index in [1.165, 1.54) is 0 Å². The first-order chi connectivity index (χ1) is 1.73. The van der Waals surface area contributed by atoms with Crippen molar-refractivity contribution < 1.29 is 32.9 Å². The van der Waals surface area contributed by atoms with Crippen molar-refractivity contribution in [3.8, 4) is 0 Å². The van der Waals surface area contributed by atoms with Gasteiger partial charge < -0.3 is 0 Å². The van der Waals surface area contributed by atoms with Gasteiger partial charge in [0.1, 0.15) is 0 Å². The normalized spacial score (nSPS) is 6.00. The van der Waals surface area contributed by atoms with Crippen LogP contribution in [0.25, 0.3) is 0 Å². The molecule has 0 spiro atoms. The Balaban J connectivity index is 4.65. The van der Waals surface area contributed by atoms with E-state index in [-0.39, 0.29) is 0 Å². The zero-order valence-electron chi connectivity index (χ0n) is 1.76. The molecule has 3 nitrogen and oxygen atoms in total. The van der Waals surface area contributed by atoms with Gasteiger partial charge in [-0.15, -0.1) is 0 Å². The average molecular weight is 287 g/mol. The van der Waals surface area contributed by atoms with Gasteiger partial charge in [-0.3, -0.25) is 0 Å². The Morgan fingerprint density at radius 1 is 1.50 bits per heavy atom. The van der Waals surface area contributed by atoms with E-state index in [0.29, 0.717) is 0 Å². The molecule has 0 aromatic carbocycles. The molecule has 0 heterocycles. The zero-order chi connectivity index (χ0) is 3.58. The Morgan fingerprint density at radius 2 is 1.50 bits per heavy atom. The third-order valence-corrected chi connectivity index (χ3v) is 0. The standard InChI is InChI=1S/H2O.2O.U/h1H2;;;/q;;;+2/p-1. The molecule has 4 heteroatoms. The molecular formula is HO3U+. The second-order valence-electron chi connectivity index (χ2n) is 0.266. The summed E-state index contributed by atoms with van der Waals surface area (Å²) in [5.74, 6) is 0. The van der Waals surface area contributed by atoms with Crippen LogP contribution in [-0.2, 0) is 4.47 Å². The van der Waals surface area contributed by atoms with Gasteiger partial charge in [-0.1, -0.05) is 0 Å². The maximum atomic E-state index is 8.75. The number of rotatable bonds is 0. The molecule has 0 aromatic heterocycles. The first kappa shape index (κ1) is 4.45. The minimum atomic E-state index is -4.23. The van der Waals surface area contributed by atoms with Crippen LogP contribution in [0.1, 0.15) is 0 Å². The SMILES string of the molecule is [O]=[U](=[O])=[OH+]. The second kappa shape index (κ2) is 1.74. The van der Waals surface area contributed by atoms with Crippen LogP contribution in [0.5, 0.6) is 0 Å². The third-order valence-electron chi connectivity index (χ3n) is 0. The molecular weight excluding hydrogens is 286 g/mol. The molecule has 22 valence electrons. The van der Waals surface area contributed by atoms with Gasteiger partial charge in [-0.2, -0.15) is 0 Å². The van der Waals surface area contributed by atoms with Gasteiger partial charge in [0, 0.05) is 0 Å². The Bertz CT molecular complexity index is 72.7. The van der Waals surface area contributed by atoms with Crippen LogP contribution in [0.3, 0.4) is 0 Å². The molecule has 0 rings (SSSR count). The quantitative estimate of drug-likeness (QED) is 0.568. The number of hydrogen-bond acceptors (Lipinski definition) is 2. The van der Waals surface area contributed by atoms with Gasteiger partial charge in [0.05, 0.1) is 0 Å². The Morgan fingerprint density at radius 3 is 1.50 bits per heavy atom. The first-order valence-electron chi connectivity index (χ1n) is 0.632. The molecule has 0 bridgehead atoms. The molecule has 0 amide bonds. The Labute approximate surface area is 33.0 Å². The summed E-state index contributed by atoms with van der Waals surface area (Å²) in [5.41, 5.74) is 0. The van der Waals surface area contributed by atoms with E-state index in [1.807, 2.05) is 0 Å². The summed E-state index contributed by atoms with van der Waals surface area (Å²) >= 11 is -4.23. The summed E-state index contributed by atoms with van der Waals surface area (Å²) in [6.07, 6.45) is 0. The zero-order valence-corrected chi connectivity index (χ0v) is 5.93. The van der Waals surface area contributed by atoms with Crippen LogP contribution in [0.15, 0.2) is 0 Å². The fourth-order valence-corrected chi connectivity index (χ4v) is 0. The predicted molar refractivity (Wildman–Crippen MR) is 3.31 cm³/mol. The van der Waals surface area contributed by atoms with Crippen LogP contribution in [0.4, 0.5) is 0 Å². The van der Waals surface area contributed by atoms with Crippen LogP contribution in [-0.4, -0.2) is 2.24 Å². The summed E-state index contributed by atoms with van der Waals surface area (Å²) in [5, 5.41) is 0. The molecule has 0 radical (unpaired) electrons. The molecule has 0 unspecified atom stereocenters. The first-order valence-corrected chi connectivity index (χ1v) is 5.89. The van der Waals surface area contributed by atoms with E-state index in [9.17, 15) is 0 Å². The van der Waals surface area contributed by atoms with Crippen molar-refractivity contribution in [3.63, 3.8) is 0 Å². The van der Waals surface area contributed by atoms with Crippen LogP contribution in [0.2, 0.25) is 0 Å². The third kappa shape index (κ3) is 25.3. The average Bonchev–Trinajstić information content (AvgIpc) is 0.811. The van der Waals surface area contributed by atoms with Crippen molar-refractivity contribution in [2.45, 2.75) is 0 Å². The van der Waals surface area contributed by atoms with Crippen molar-refractivity contribution in [2.24, 2.45) is 0 Å². The molecule has 0 aliphatic rings. The summed E-state index contributed by atoms with van der Waals surface area (Å²) in [4.78, 5) is 0. The molecule has 0 aromatic rings. The van der Waals surface area contributed by atoms with Crippen molar-refractivity contribution in [1.82, 2.24) is 0 Å². The summed E-state index contributed by atoms with van der Waals surface area (Å²) in [6.45, 7) is 0. The van der Waals surface area contributed by atoms with Gasteiger partial charge in [0.25, 0.3) is 0 Å². The van der Waals surface area contributed by atoms with E-state index in [2.05, 4.69) is 0 Å². The van der Waals surface area contributed by atoms with Crippen LogP contribution in [0, 0.1) is 26.2 Å². The Hall–Kier alpha value is 0.452. The molecule has 4 heavy (non-hydrogen) atoms. The van der Waals surface area contributed by atoms with E-state index in [4.69, 9.17) is 6.71 Å². The topological polar surface area (TPSA) is 55.5 Å². The van der Waals surface area contributed by atoms with Crippen molar-refractivity contribution in [1.29, 1.82) is 0 Å². The molecule has 0 saturated carbocycles. The van der Waals surface area contributed by atoms with Crippen LogP contribution >= 0.6 is 0 Å². The summed E-state index contributed by atoms with van der Waals surface area (Å²) in [7, 11) is 0. The predicted octanol–water partition coefficient (Wildman–Crippen LogP) is -0.414. The fraction of sp³-hybridized carbons (Fsp3) is 0.